The minimum atomic E-state index is 0.826. The second-order valence-electron chi connectivity index (χ2n) is 2.94. The van der Waals surface area contributed by atoms with E-state index in [1.54, 1.807) is 0 Å². The third kappa shape index (κ3) is 8.31. The Morgan fingerprint density at radius 2 is 2.00 bits per heavy atom. The molecule has 0 bridgehead atoms. The molecule has 0 radical (unpaired) electrons. The van der Waals surface area contributed by atoms with Crippen LogP contribution < -0.4 is 5.73 Å². The minimum absolute atomic E-state index is 0.826. The summed E-state index contributed by atoms with van der Waals surface area (Å²) in [6, 6.07) is 0. The molecule has 62 valence electrons. The molecule has 0 aliphatic heterocycles. The molecular weight excluding hydrogens is 142 g/mol. The summed E-state index contributed by atoms with van der Waals surface area (Å²) in [6.07, 6.45) is 2.71. The van der Waals surface area contributed by atoms with Crippen molar-refractivity contribution >= 4 is 11.8 Å². The molecule has 0 saturated carbocycles. The van der Waals surface area contributed by atoms with Gasteiger partial charge in [0.05, 0.1) is 0 Å². The molecule has 1 nitrogen and oxygen atoms in total. The van der Waals surface area contributed by atoms with Crippen molar-refractivity contribution in [2.75, 3.05) is 18.1 Å². The molecule has 0 aromatic heterocycles. The van der Waals surface area contributed by atoms with E-state index in [1.165, 1.54) is 18.6 Å². The van der Waals surface area contributed by atoms with E-state index in [9.17, 15) is 0 Å². The van der Waals surface area contributed by atoms with Crippen LogP contribution in [0.5, 0.6) is 0 Å². The Morgan fingerprint density at radius 3 is 2.50 bits per heavy atom. The molecular formula is C8H19NS. The standard InChI is InChI=1S/C8H19NS/c1-8(2)4-3-6-10-7-5-9/h8H,3-7,9H2,1-2H3. The quantitative estimate of drug-likeness (QED) is 0.604. The van der Waals surface area contributed by atoms with Gasteiger partial charge >= 0.3 is 0 Å². The van der Waals surface area contributed by atoms with Gasteiger partial charge in [0.25, 0.3) is 0 Å². The average Bonchev–Trinajstić information content (AvgIpc) is 1.87. The van der Waals surface area contributed by atoms with Crippen LogP contribution in [0.3, 0.4) is 0 Å². The molecule has 0 rings (SSSR count). The summed E-state index contributed by atoms with van der Waals surface area (Å²) < 4.78 is 0. The summed E-state index contributed by atoms with van der Waals surface area (Å²) in [6.45, 7) is 5.37. The first-order chi connectivity index (χ1) is 4.77. The largest absolute Gasteiger partial charge is 0.330 e. The van der Waals surface area contributed by atoms with Crippen LogP contribution in [0.15, 0.2) is 0 Å². The van der Waals surface area contributed by atoms with Gasteiger partial charge in [-0.2, -0.15) is 11.8 Å². The second kappa shape index (κ2) is 7.42. The van der Waals surface area contributed by atoms with Crippen molar-refractivity contribution in [1.29, 1.82) is 0 Å². The zero-order valence-corrected chi connectivity index (χ0v) is 7.91. The lowest BCUT2D eigenvalue weighted by atomic mass is 10.1. The number of rotatable bonds is 6. The van der Waals surface area contributed by atoms with Gasteiger partial charge in [-0.1, -0.05) is 20.3 Å². The first kappa shape index (κ1) is 10.3. The Hall–Kier alpha value is 0.310. The zero-order valence-electron chi connectivity index (χ0n) is 7.10. The van der Waals surface area contributed by atoms with E-state index in [-0.39, 0.29) is 0 Å². The van der Waals surface area contributed by atoms with E-state index < -0.39 is 0 Å². The maximum atomic E-state index is 5.35. The summed E-state index contributed by atoms with van der Waals surface area (Å²) >= 11 is 1.97. The first-order valence-corrected chi connectivity index (χ1v) is 5.20. The Labute approximate surface area is 68.8 Å². The van der Waals surface area contributed by atoms with Gasteiger partial charge in [0, 0.05) is 12.3 Å². The van der Waals surface area contributed by atoms with E-state index >= 15 is 0 Å². The smallest absolute Gasteiger partial charge is 0.00558 e. The van der Waals surface area contributed by atoms with E-state index in [0.717, 1.165) is 18.2 Å². The van der Waals surface area contributed by atoms with Crippen LogP contribution in [-0.4, -0.2) is 18.1 Å². The Bertz CT molecular complexity index is 64.3. The molecule has 10 heavy (non-hydrogen) atoms. The van der Waals surface area contributed by atoms with Gasteiger partial charge < -0.3 is 5.73 Å². The van der Waals surface area contributed by atoms with Crippen molar-refractivity contribution in [3.63, 3.8) is 0 Å². The summed E-state index contributed by atoms with van der Waals surface area (Å²) in [5.74, 6) is 3.27. The van der Waals surface area contributed by atoms with Crippen molar-refractivity contribution in [3.8, 4) is 0 Å². The summed E-state index contributed by atoms with van der Waals surface area (Å²) in [4.78, 5) is 0. The van der Waals surface area contributed by atoms with Crippen molar-refractivity contribution in [2.45, 2.75) is 26.7 Å². The van der Waals surface area contributed by atoms with Crippen molar-refractivity contribution in [2.24, 2.45) is 11.7 Å². The van der Waals surface area contributed by atoms with Crippen LogP contribution in [-0.2, 0) is 0 Å². The highest BCUT2D eigenvalue weighted by Gasteiger charge is 1.92. The maximum Gasteiger partial charge on any atom is 0.00558 e. The van der Waals surface area contributed by atoms with Crippen molar-refractivity contribution in [3.05, 3.63) is 0 Å². The predicted octanol–water partition coefficient (Wildman–Crippen LogP) is 2.11. The number of nitrogens with two attached hydrogens (primary N) is 1. The molecule has 0 aliphatic rings. The molecule has 0 heterocycles. The molecule has 0 aliphatic carbocycles. The molecule has 0 unspecified atom stereocenters. The fourth-order valence-electron chi connectivity index (χ4n) is 0.779. The lowest BCUT2D eigenvalue weighted by Crippen LogP contribution is -2.02. The molecule has 0 saturated heterocycles. The summed E-state index contributed by atoms with van der Waals surface area (Å²) in [7, 11) is 0. The van der Waals surface area contributed by atoms with Crippen LogP contribution in [0.4, 0.5) is 0 Å². The van der Waals surface area contributed by atoms with Gasteiger partial charge in [-0.15, -0.1) is 0 Å². The highest BCUT2D eigenvalue weighted by atomic mass is 32.2. The van der Waals surface area contributed by atoms with E-state index in [0.29, 0.717) is 0 Å². The maximum absolute atomic E-state index is 5.35. The van der Waals surface area contributed by atoms with Gasteiger partial charge in [0.1, 0.15) is 0 Å². The number of hydrogen-bond acceptors (Lipinski definition) is 2. The monoisotopic (exact) mass is 161 g/mol. The highest BCUT2D eigenvalue weighted by Crippen LogP contribution is 2.08. The lowest BCUT2D eigenvalue weighted by Gasteiger charge is -2.02. The molecule has 0 atom stereocenters. The zero-order chi connectivity index (χ0) is 7.82. The Balaban J connectivity index is 2.77. The van der Waals surface area contributed by atoms with Crippen LogP contribution in [0, 0.1) is 5.92 Å². The summed E-state index contributed by atoms with van der Waals surface area (Å²) in [5.41, 5.74) is 5.35. The lowest BCUT2D eigenvalue weighted by molar-refractivity contribution is 0.579. The fraction of sp³-hybridized carbons (Fsp3) is 1.00. The molecule has 0 aromatic rings. The third-order valence-corrected chi connectivity index (χ3v) is 2.43. The fourth-order valence-corrected chi connectivity index (χ4v) is 1.52. The first-order valence-electron chi connectivity index (χ1n) is 4.05. The van der Waals surface area contributed by atoms with E-state index in [1.807, 2.05) is 11.8 Å². The predicted molar refractivity (Wildman–Crippen MR) is 50.5 cm³/mol. The van der Waals surface area contributed by atoms with Crippen LogP contribution in [0.1, 0.15) is 26.7 Å². The van der Waals surface area contributed by atoms with Crippen molar-refractivity contribution < 1.29 is 0 Å². The van der Waals surface area contributed by atoms with E-state index in [2.05, 4.69) is 13.8 Å². The Morgan fingerprint density at radius 1 is 1.30 bits per heavy atom. The van der Waals surface area contributed by atoms with Crippen LogP contribution >= 0.6 is 11.8 Å². The summed E-state index contributed by atoms with van der Waals surface area (Å²) in [5, 5.41) is 0. The van der Waals surface area contributed by atoms with Gasteiger partial charge in [-0.05, 0) is 18.1 Å². The van der Waals surface area contributed by atoms with E-state index in [4.69, 9.17) is 5.73 Å². The average molecular weight is 161 g/mol. The van der Waals surface area contributed by atoms with Gasteiger partial charge in [0.2, 0.25) is 0 Å². The molecule has 0 aromatic carbocycles. The van der Waals surface area contributed by atoms with Gasteiger partial charge in [-0.25, -0.2) is 0 Å². The van der Waals surface area contributed by atoms with Crippen molar-refractivity contribution in [1.82, 2.24) is 0 Å². The molecule has 2 heteroatoms. The number of hydrogen-bond donors (Lipinski definition) is 1. The molecule has 0 spiro atoms. The van der Waals surface area contributed by atoms with Gasteiger partial charge in [-0.3, -0.25) is 0 Å². The third-order valence-electron chi connectivity index (χ3n) is 1.33. The molecule has 0 amide bonds. The number of thioether (sulfide) groups is 1. The van der Waals surface area contributed by atoms with Crippen LogP contribution in [0.2, 0.25) is 0 Å². The molecule has 0 fully saturated rings. The highest BCUT2D eigenvalue weighted by molar-refractivity contribution is 7.99. The normalized spacial score (nSPS) is 10.8. The minimum Gasteiger partial charge on any atom is -0.330 e. The topological polar surface area (TPSA) is 26.0 Å². The van der Waals surface area contributed by atoms with Crippen LogP contribution in [0.25, 0.3) is 0 Å². The van der Waals surface area contributed by atoms with Gasteiger partial charge in [0.15, 0.2) is 0 Å². The second-order valence-corrected chi connectivity index (χ2v) is 4.16. The Kier molecular flexibility index (Phi) is 7.65. The molecule has 2 N–H and O–H groups in total. The SMILES string of the molecule is CC(C)CCCSCCN.